The Balaban J connectivity index is 2.48. The third-order valence-electron chi connectivity index (χ3n) is 2.40. The number of sulfone groups is 1. The highest BCUT2D eigenvalue weighted by Gasteiger charge is 2.32. The third kappa shape index (κ3) is 1.62. The Kier molecular flexibility index (Phi) is 2.73. The van der Waals surface area contributed by atoms with Crippen molar-refractivity contribution in [3.63, 3.8) is 0 Å². The first-order chi connectivity index (χ1) is 7.57. The van der Waals surface area contributed by atoms with E-state index in [1.54, 1.807) is 25.1 Å². The lowest BCUT2D eigenvalue weighted by Gasteiger charge is -2.04. The van der Waals surface area contributed by atoms with Gasteiger partial charge in [0.15, 0.2) is 0 Å². The van der Waals surface area contributed by atoms with Gasteiger partial charge in [0.05, 0.1) is 11.5 Å². The summed E-state index contributed by atoms with van der Waals surface area (Å²) in [6.07, 6.45) is 1.54. The number of phenols is 1. The molecule has 0 atom stereocenters. The summed E-state index contributed by atoms with van der Waals surface area (Å²) in [4.78, 5) is 0.190. The molecule has 1 aromatic rings. The molecule has 1 heterocycles. The highest BCUT2D eigenvalue weighted by molar-refractivity contribution is 7.96. The maximum Gasteiger partial charge on any atom is 0.209 e. The van der Waals surface area contributed by atoms with E-state index in [2.05, 4.69) is 0 Å². The highest BCUT2D eigenvalue weighted by atomic mass is 32.2. The summed E-state index contributed by atoms with van der Waals surface area (Å²) in [6.45, 7) is 2.30. The second kappa shape index (κ2) is 3.92. The summed E-state index contributed by atoms with van der Waals surface area (Å²) in [7, 11) is -3.56. The fourth-order valence-electron chi connectivity index (χ4n) is 1.65. The second-order valence-corrected chi connectivity index (χ2v) is 5.39. The minimum atomic E-state index is -3.56. The van der Waals surface area contributed by atoms with Gasteiger partial charge in [0, 0.05) is 6.61 Å². The normalized spacial score (nSPS) is 16.9. The Hall–Kier alpha value is -1.33. The maximum atomic E-state index is 12.0. The topological polar surface area (TPSA) is 63.6 Å². The standard InChI is InChI=1S/C11H12O4S/c1-2-15-7-9-6-8-4-3-5-10(12)11(8)16(9,13)14/h3-6,12H,2,7H2,1H3. The van der Waals surface area contributed by atoms with Gasteiger partial charge in [-0.2, -0.15) is 0 Å². The van der Waals surface area contributed by atoms with Crippen LogP contribution in [0.25, 0.3) is 6.08 Å². The molecule has 0 aromatic heterocycles. The van der Waals surface area contributed by atoms with Crippen LogP contribution in [0.4, 0.5) is 0 Å². The van der Waals surface area contributed by atoms with Gasteiger partial charge in [-0.05, 0) is 24.6 Å². The van der Waals surface area contributed by atoms with E-state index >= 15 is 0 Å². The van der Waals surface area contributed by atoms with Crippen LogP contribution in [0.3, 0.4) is 0 Å². The summed E-state index contributed by atoms with van der Waals surface area (Å²) in [6, 6.07) is 4.64. The zero-order valence-corrected chi connectivity index (χ0v) is 9.62. The van der Waals surface area contributed by atoms with Crippen LogP contribution in [0.15, 0.2) is 28.0 Å². The van der Waals surface area contributed by atoms with Crippen LogP contribution in [-0.2, 0) is 14.6 Å². The van der Waals surface area contributed by atoms with E-state index in [0.717, 1.165) is 0 Å². The van der Waals surface area contributed by atoms with E-state index in [1.165, 1.54) is 6.07 Å². The fourth-order valence-corrected chi connectivity index (χ4v) is 3.22. The first kappa shape index (κ1) is 11.2. The number of rotatable bonds is 3. The van der Waals surface area contributed by atoms with Crippen molar-refractivity contribution in [3.8, 4) is 5.75 Å². The van der Waals surface area contributed by atoms with Crippen molar-refractivity contribution in [3.05, 3.63) is 28.7 Å². The Bertz CT molecular complexity index is 543. The largest absolute Gasteiger partial charge is 0.507 e. The van der Waals surface area contributed by atoms with Crippen molar-refractivity contribution in [2.24, 2.45) is 0 Å². The van der Waals surface area contributed by atoms with Crippen LogP contribution in [0, 0.1) is 0 Å². The van der Waals surface area contributed by atoms with Gasteiger partial charge in [0.2, 0.25) is 9.84 Å². The van der Waals surface area contributed by atoms with Gasteiger partial charge >= 0.3 is 0 Å². The van der Waals surface area contributed by atoms with E-state index in [-0.39, 0.29) is 22.2 Å². The Morgan fingerprint density at radius 1 is 1.38 bits per heavy atom. The molecule has 0 saturated heterocycles. The monoisotopic (exact) mass is 240 g/mol. The van der Waals surface area contributed by atoms with E-state index in [4.69, 9.17) is 4.74 Å². The second-order valence-electron chi connectivity index (χ2n) is 3.45. The molecule has 0 bridgehead atoms. The molecule has 1 aliphatic heterocycles. The number of phenolic OH excluding ortho intramolecular Hbond substituents is 1. The van der Waals surface area contributed by atoms with Gasteiger partial charge in [-0.15, -0.1) is 0 Å². The predicted octanol–water partition coefficient (Wildman–Crippen LogP) is 1.56. The van der Waals surface area contributed by atoms with Crippen molar-refractivity contribution in [2.75, 3.05) is 13.2 Å². The minimum absolute atomic E-state index is 0.00953. The molecule has 0 fully saturated rings. The van der Waals surface area contributed by atoms with Crippen molar-refractivity contribution in [2.45, 2.75) is 11.8 Å². The lowest BCUT2D eigenvalue weighted by atomic mass is 10.2. The predicted molar refractivity (Wildman–Crippen MR) is 59.8 cm³/mol. The van der Waals surface area contributed by atoms with Gasteiger partial charge in [-0.3, -0.25) is 0 Å². The smallest absolute Gasteiger partial charge is 0.209 e. The van der Waals surface area contributed by atoms with E-state index in [0.29, 0.717) is 12.2 Å². The molecule has 1 aliphatic rings. The Morgan fingerprint density at radius 3 is 2.75 bits per heavy atom. The lowest BCUT2D eigenvalue weighted by Crippen LogP contribution is -2.07. The number of hydrogen-bond acceptors (Lipinski definition) is 4. The van der Waals surface area contributed by atoms with Crippen molar-refractivity contribution < 1.29 is 18.3 Å². The van der Waals surface area contributed by atoms with E-state index < -0.39 is 9.84 Å². The first-order valence-corrected chi connectivity index (χ1v) is 6.41. The van der Waals surface area contributed by atoms with Gasteiger partial charge < -0.3 is 9.84 Å². The van der Waals surface area contributed by atoms with Gasteiger partial charge in [0.25, 0.3) is 0 Å². The molecule has 1 aromatic carbocycles. The van der Waals surface area contributed by atoms with Crippen LogP contribution in [0.2, 0.25) is 0 Å². The van der Waals surface area contributed by atoms with Gasteiger partial charge in [-0.25, -0.2) is 8.42 Å². The molecular formula is C11H12O4S. The van der Waals surface area contributed by atoms with Crippen LogP contribution in [0.5, 0.6) is 5.75 Å². The fraction of sp³-hybridized carbons (Fsp3) is 0.273. The molecule has 1 N–H and O–H groups in total. The molecule has 4 nitrogen and oxygen atoms in total. The summed E-state index contributed by atoms with van der Waals surface area (Å²) in [5.41, 5.74) is 0.523. The molecule has 0 aliphatic carbocycles. The summed E-state index contributed by atoms with van der Waals surface area (Å²) >= 11 is 0. The molecule has 86 valence electrons. The highest BCUT2D eigenvalue weighted by Crippen LogP contribution is 2.38. The molecule has 5 heteroatoms. The molecule has 0 radical (unpaired) electrons. The number of fused-ring (bicyclic) bond motifs is 1. The third-order valence-corrected chi connectivity index (χ3v) is 4.31. The molecule has 16 heavy (non-hydrogen) atoms. The van der Waals surface area contributed by atoms with Gasteiger partial charge in [-0.1, -0.05) is 12.1 Å². The lowest BCUT2D eigenvalue weighted by molar-refractivity contribution is 0.175. The molecule has 0 amide bonds. The molecule has 0 spiro atoms. The summed E-state index contributed by atoms with van der Waals surface area (Å²) in [5, 5.41) is 9.56. The number of hydrogen-bond donors (Lipinski definition) is 1. The van der Waals surface area contributed by atoms with Crippen molar-refractivity contribution in [1.82, 2.24) is 0 Å². The summed E-state index contributed by atoms with van der Waals surface area (Å²) in [5.74, 6) is -0.208. The average Bonchev–Trinajstić information content (AvgIpc) is 2.48. The molecule has 0 saturated carbocycles. The number of benzene rings is 1. The molecule has 2 rings (SSSR count). The van der Waals surface area contributed by atoms with Crippen LogP contribution >= 0.6 is 0 Å². The maximum absolute atomic E-state index is 12.0. The quantitative estimate of drug-likeness (QED) is 0.870. The van der Waals surface area contributed by atoms with Crippen LogP contribution in [0.1, 0.15) is 12.5 Å². The van der Waals surface area contributed by atoms with E-state index in [1.807, 2.05) is 0 Å². The number of ether oxygens (including phenoxy) is 1. The SMILES string of the molecule is CCOCC1=Cc2cccc(O)c2S1(=O)=O. The summed E-state index contributed by atoms with van der Waals surface area (Å²) < 4.78 is 29.1. The average molecular weight is 240 g/mol. The zero-order chi connectivity index (χ0) is 11.8. The van der Waals surface area contributed by atoms with Gasteiger partial charge in [0.1, 0.15) is 10.6 Å². The molecular weight excluding hydrogens is 228 g/mol. The Labute approximate surface area is 94.1 Å². The van der Waals surface area contributed by atoms with E-state index in [9.17, 15) is 13.5 Å². The first-order valence-electron chi connectivity index (χ1n) is 4.92. The minimum Gasteiger partial charge on any atom is -0.507 e. The zero-order valence-electron chi connectivity index (χ0n) is 8.80. The Morgan fingerprint density at radius 2 is 2.12 bits per heavy atom. The van der Waals surface area contributed by atoms with Crippen LogP contribution in [-0.4, -0.2) is 26.7 Å². The van der Waals surface area contributed by atoms with Crippen LogP contribution < -0.4 is 0 Å². The van der Waals surface area contributed by atoms with Crippen molar-refractivity contribution in [1.29, 1.82) is 0 Å². The van der Waals surface area contributed by atoms with Crippen molar-refractivity contribution >= 4 is 15.9 Å². The number of aromatic hydroxyl groups is 1. The molecule has 0 unspecified atom stereocenters.